The molecular formula is C14H19N3O5. The molecule has 0 fully saturated rings. The quantitative estimate of drug-likeness (QED) is 0.469. The van der Waals surface area contributed by atoms with E-state index in [1.165, 1.54) is 6.07 Å². The molecule has 1 aromatic rings. The van der Waals surface area contributed by atoms with Crippen LogP contribution in [0.4, 0.5) is 11.4 Å². The molecule has 1 aromatic carbocycles. The van der Waals surface area contributed by atoms with E-state index in [4.69, 9.17) is 5.73 Å². The molecular weight excluding hydrogens is 290 g/mol. The molecule has 8 heteroatoms. The van der Waals surface area contributed by atoms with E-state index >= 15 is 0 Å². The number of carbonyl (C=O) groups is 2. The minimum atomic E-state index is -1.11. The van der Waals surface area contributed by atoms with Gasteiger partial charge in [0.25, 0.3) is 5.69 Å². The number of rotatable bonds is 6. The fraction of sp³-hybridized carbons (Fsp3) is 0.429. The van der Waals surface area contributed by atoms with Crippen molar-refractivity contribution in [1.82, 2.24) is 0 Å². The topological polar surface area (TPSA) is 125 Å². The van der Waals surface area contributed by atoms with Crippen LogP contribution in [0.15, 0.2) is 18.2 Å². The van der Waals surface area contributed by atoms with Gasteiger partial charge in [0.15, 0.2) is 0 Å². The number of nitro benzene ring substituents is 1. The van der Waals surface area contributed by atoms with E-state index in [1.807, 2.05) is 6.92 Å². The predicted octanol–water partition coefficient (Wildman–Crippen LogP) is 1.84. The Hall–Kier alpha value is -2.48. The minimum Gasteiger partial charge on any atom is -0.465 e. The monoisotopic (exact) mass is 309 g/mol. The lowest BCUT2D eigenvalue weighted by Gasteiger charge is -2.22. The SMILES string of the molecule is CCCC(C)(N)C(=O)Nc1cc(C(=O)OC)cc([N+](=O)[O-])c1. The molecule has 0 spiro atoms. The number of carbonyl (C=O) groups excluding carboxylic acids is 2. The second-order valence-corrected chi connectivity index (χ2v) is 5.14. The van der Waals surface area contributed by atoms with E-state index in [0.29, 0.717) is 12.8 Å². The van der Waals surface area contributed by atoms with Crippen molar-refractivity contribution in [3.63, 3.8) is 0 Å². The molecule has 0 radical (unpaired) electrons. The average Bonchev–Trinajstić information content (AvgIpc) is 2.45. The maximum atomic E-state index is 12.1. The van der Waals surface area contributed by atoms with Crippen molar-refractivity contribution < 1.29 is 19.2 Å². The molecule has 8 nitrogen and oxygen atoms in total. The summed E-state index contributed by atoms with van der Waals surface area (Å²) in [5, 5.41) is 13.4. The molecule has 120 valence electrons. The lowest BCUT2D eigenvalue weighted by atomic mass is 9.96. The Morgan fingerprint density at radius 1 is 1.41 bits per heavy atom. The van der Waals surface area contributed by atoms with Crippen molar-refractivity contribution >= 4 is 23.3 Å². The summed E-state index contributed by atoms with van der Waals surface area (Å²) in [6.45, 7) is 3.46. The number of nitro groups is 1. The van der Waals surface area contributed by atoms with Gasteiger partial charge in [0, 0.05) is 17.8 Å². The van der Waals surface area contributed by atoms with Crippen molar-refractivity contribution in [2.75, 3.05) is 12.4 Å². The summed E-state index contributed by atoms with van der Waals surface area (Å²) in [5.41, 5.74) is 4.56. The predicted molar refractivity (Wildman–Crippen MR) is 80.6 cm³/mol. The number of hydrogen-bond acceptors (Lipinski definition) is 6. The van der Waals surface area contributed by atoms with Crippen molar-refractivity contribution in [1.29, 1.82) is 0 Å². The number of esters is 1. The van der Waals surface area contributed by atoms with Gasteiger partial charge in [-0.15, -0.1) is 0 Å². The number of nitrogens with two attached hydrogens (primary N) is 1. The molecule has 1 unspecified atom stereocenters. The number of amides is 1. The lowest BCUT2D eigenvalue weighted by Crippen LogP contribution is -2.48. The van der Waals surface area contributed by atoms with Gasteiger partial charge in [-0.3, -0.25) is 14.9 Å². The van der Waals surface area contributed by atoms with Crippen LogP contribution in [-0.2, 0) is 9.53 Å². The van der Waals surface area contributed by atoms with Crippen LogP contribution in [-0.4, -0.2) is 29.4 Å². The minimum absolute atomic E-state index is 0.0267. The van der Waals surface area contributed by atoms with Crippen molar-refractivity contribution in [2.45, 2.75) is 32.2 Å². The van der Waals surface area contributed by atoms with Crippen molar-refractivity contribution in [3.8, 4) is 0 Å². The first kappa shape index (κ1) is 17.6. The fourth-order valence-electron chi connectivity index (χ4n) is 1.93. The number of anilines is 1. The number of non-ortho nitro benzene ring substituents is 1. The van der Waals surface area contributed by atoms with Gasteiger partial charge in [-0.05, 0) is 19.4 Å². The molecule has 0 saturated carbocycles. The molecule has 22 heavy (non-hydrogen) atoms. The van der Waals surface area contributed by atoms with E-state index in [-0.39, 0.29) is 16.9 Å². The number of ether oxygens (including phenoxy) is 1. The number of benzene rings is 1. The van der Waals surface area contributed by atoms with E-state index in [1.54, 1.807) is 6.92 Å². The highest BCUT2D eigenvalue weighted by Crippen LogP contribution is 2.23. The summed E-state index contributed by atoms with van der Waals surface area (Å²) >= 11 is 0. The molecule has 0 bridgehead atoms. The Labute approximate surface area is 127 Å². The van der Waals surface area contributed by atoms with Crippen LogP contribution in [0.2, 0.25) is 0 Å². The smallest absolute Gasteiger partial charge is 0.338 e. The Balaban J connectivity index is 3.13. The van der Waals surface area contributed by atoms with Crippen LogP contribution in [0.25, 0.3) is 0 Å². The second-order valence-electron chi connectivity index (χ2n) is 5.14. The van der Waals surface area contributed by atoms with Gasteiger partial charge in [-0.25, -0.2) is 4.79 Å². The maximum absolute atomic E-state index is 12.1. The van der Waals surface area contributed by atoms with Crippen molar-refractivity contribution in [3.05, 3.63) is 33.9 Å². The summed E-state index contributed by atoms with van der Waals surface area (Å²) in [7, 11) is 1.16. The van der Waals surface area contributed by atoms with Crippen LogP contribution < -0.4 is 11.1 Å². The molecule has 0 aliphatic heterocycles. The summed E-state index contributed by atoms with van der Waals surface area (Å²) in [6.07, 6.45) is 1.17. The molecule has 0 aliphatic carbocycles. The number of nitrogens with one attached hydrogen (secondary N) is 1. The standard InChI is InChI=1S/C14H19N3O5/c1-4-5-14(2,15)13(19)16-10-6-9(12(18)22-3)7-11(8-10)17(20)21/h6-8H,4-5,15H2,1-3H3,(H,16,19). The van der Waals surface area contributed by atoms with Crippen LogP contribution in [0.1, 0.15) is 37.0 Å². The summed E-state index contributed by atoms with van der Waals surface area (Å²) in [4.78, 5) is 33.9. The Bertz CT molecular complexity index is 598. The summed E-state index contributed by atoms with van der Waals surface area (Å²) in [6, 6.07) is 3.54. The average molecular weight is 309 g/mol. The third-order valence-electron chi connectivity index (χ3n) is 3.10. The zero-order valence-electron chi connectivity index (χ0n) is 12.7. The van der Waals surface area contributed by atoms with Crippen molar-refractivity contribution in [2.24, 2.45) is 5.73 Å². The molecule has 1 amide bonds. The highest BCUT2D eigenvalue weighted by molar-refractivity contribution is 5.99. The molecule has 0 aliphatic rings. The van der Waals surface area contributed by atoms with E-state index < -0.39 is 22.3 Å². The lowest BCUT2D eigenvalue weighted by molar-refractivity contribution is -0.384. The second kappa shape index (κ2) is 6.99. The number of nitrogens with zero attached hydrogens (tertiary/aromatic N) is 1. The molecule has 1 atom stereocenters. The van der Waals surface area contributed by atoms with Gasteiger partial charge >= 0.3 is 5.97 Å². The van der Waals surface area contributed by atoms with Crippen LogP contribution in [0, 0.1) is 10.1 Å². The number of methoxy groups -OCH3 is 1. The highest BCUT2D eigenvalue weighted by Gasteiger charge is 2.28. The summed E-state index contributed by atoms with van der Waals surface area (Å²) in [5.74, 6) is -1.21. The largest absolute Gasteiger partial charge is 0.465 e. The molecule has 0 aromatic heterocycles. The first-order chi connectivity index (χ1) is 10.2. The Kier molecular flexibility index (Phi) is 5.58. The number of hydrogen-bond donors (Lipinski definition) is 2. The van der Waals surface area contributed by atoms with E-state index in [0.717, 1.165) is 19.2 Å². The van der Waals surface area contributed by atoms with Crippen LogP contribution >= 0.6 is 0 Å². The maximum Gasteiger partial charge on any atom is 0.338 e. The third-order valence-corrected chi connectivity index (χ3v) is 3.10. The van der Waals surface area contributed by atoms with Gasteiger partial charge in [-0.2, -0.15) is 0 Å². The zero-order chi connectivity index (χ0) is 16.9. The molecule has 0 heterocycles. The first-order valence-corrected chi connectivity index (χ1v) is 6.69. The zero-order valence-corrected chi connectivity index (χ0v) is 12.7. The Morgan fingerprint density at radius 2 is 2.05 bits per heavy atom. The Morgan fingerprint density at radius 3 is 2.55 bits per heavy atom. The van der Waals surface area contributed by atoms with Crippen LogP contribution in [0.5, 0.6) is 0 Å². The van der Waals surface area contributed by atoms with Crippen LogP contribution in [0.3, 0.4) is 0 Å². The van der Waals surface area contributed by atoms with E-state index in [9.17, 15) is 19.7 Å². The van der Waals surface area contributed by atoms with Gasteiger partial charge in [-0.1, -0.05) is 13.3 Å². The summed E-state index contributed by atoms with van der Waals surface area (Å²) < 4.78 is 4.54. The van der Waals surface area contributed by atoms with Gasteiger partial charge in [0.05, 0.1) is 23.1 Å². The van der Waals surface area contributed by atoms with Gasteiger partial charge in [0.2, 0.25) is 5.91 Å². The van der Waals surface area contributed by atoms with E-state index in [2.05, 4.69) is 10.1 Å². The molecule has 3 N–H and O–H groups in total. The highest BCUT2D eigenvalue weighted by atomic mass is 16.6. The third kappa shape index (κ3) is 4.26. The van der Waals surface area contributed by atoms with Gasteiger partial charge < -0.3 is 15.8 Å². The first-order valence-electron chi connectivity index (χ1n) is 6.69. The molecule has 1 rings (SSSR count). The molecule has 0 saturated heterocycles. The normalized spacial score (nSPS) is 13.1. The van der Waals surface area contributed by atoms with Gasteiger partial charge in [0.1, 0.15) is 0 Å². The fourth-order valence-corrected chi connectivity index (χ4v) is 1.93.